The molecule has 100 valence electrons. The largest absolute Gasteiger partial charge is 0.452 e. The van der Waals surface area contributed by atoms with E-state index in [-0.39, 0.29) is 10.9 Å². The van der Waals surface area contributed by atoms with Crippen LogP contribution < -0.4 is 11.2 Å². The van der Waals surface area contributed by atoms with E-state index < -0.39 is 29.6 Å². The topological polar surface area (TPSA) is 105 Å². The standard InChI is InChI=1S/C11H9ClN2O5/c1-2-11(5-15)8(17)7(12)9(19-11)14-4-3-6(16)13-10(14)18/h1,3-4,8,15,17H,5H2,(H,13,16,18)/t8-,11+/m0/s1. The maximum atomic E-state index is 11.6. The zero-order chi connectivity index (χ0) is 14.2. The molecule has 19 heavy (non-hydrogen) atoms. The first-order valence-corrected chi connectivity index (χ1v) is 5.50. The number of hydrogen-bond donors (Lipinski definition) is 3. The van der Waals surface area contributed by atoms with Gasteiger partial charge < -0.3 is 14.9 Å². The van der Waals surface area contributed by atoms with Crippen LogP contribution in [0.2, 0.25) is 0 Å². The lowest BCUT2D eigenvalue weighted by Gasteiger charge is -2.24. The second kappa shape index (κ2) is 4.59. The van der Waals surface area contributed by atoms with Crippen molar-refractivity contribution in [3.05, 3.63) is 38.1 Å². The summed E-state index contributed by atoms with van der Waals surface area (Å²) in [5, 5.41) is 18.9. The number of aromatic nitrogens is 2. The maximum absolute atomic E-state index is 11.6. The summed E-state index contributed by atoms with van der Waals surface area (Å²) in [6.07, 6.45) is 4.86. The van der Waals surface area contributed by atoms with E-state index in [2.05, 4.69) is 5.92 Å². The number of rotatable bonds is 2. The van der Waals surface area contributed by atoms with Gasteiger partial charge in [-0.05, 0) is 0 Å². The lowest BCUT2D eigenvalue weighted by atomic mass is 10.0. The molecule has 1 aromatic rings. The monoisotopic (exact) mass is 284 g/mol. The number of halogens is 1. The number of hydrogen-bond acceptors (Lipinski definition) is 5. The second-order valence-electron chi connectivity index (χ2n) is 3.83. The van der Waals surface area contributed by atoms with E-state index in [1.165, 1.54) is 0 Å². The molecule has 0 saturated carbocycles. The van der Waals surface area contributed by atoms with E-state index in [0.717, 1.165) is 16.8 Å². The fraction of sp³-hybridized carbons (Fsp3) is 0.273. The third-order valence-electron chi connectivity index (χ3n) is 2.69. The molecule has 1 aliphatic heterocycles. The van der Waals surface area contributed by atoms with E-state index in [9.17, 15) is 19.8 Å². The van der Waals surface area contributed by atoms with Gasteiger partial charge in [0.2, 0.25) is 11.5 Å². The van der Waals surface area contributed by atoms with Crippen molar-refractivity contribution in [2.24, 2.45) is 0 Å². The van der Waals surface area contributed by atoms with Crippen molar-refractivity contribution in [2.45, 2.75) is 11.7 Å². The summed E-state index contributed by atoms with van der Waals surface area (Å²) in [5.74, 6) is 1.87. The number of nitrogens with zero attached hydrogens (tertiary/aromatic N) is 1. The van der Waals surface area contributed by atoms with Crippen molar-refractivity contribution in [2.75, 3.05) is 6.61 Å². The molecule has 1 aliphatic rings. The minimum atomic E-state index is -1.75. The summed E-state index contributed by atoms with van der Waals surface area (Å²) >= 11 is 5.86. The fourth-order valence-corrected chi connectivity index (χ4v) is 1.92. The molecule has 1 aromatic heterocycles. The van der Waals surface area contributed by atoms with Gasteiger partial charge in [0.1, 0.15) is 11.1 Å². The van der Waals surface area contributed by atoms with Crippen LogP contribution >= 0.6 is 11.6 Å². The maximum Gasteiger partial charge on any atom is 0.335 e. The Labute approximate surface area is 111 Å². The average Bonchev–Trinajstić information content (AvgIpc) is 2.64. The SMILES string of the molecule is C#C[C@]1(CO)OC(n2ccc(=O)[nH]c2=O)=C(Cl)[C@@H]1O. The van der Waals surface area contributed by atoms with Crippen LogP contribution in [0.3, 0.4) is 0 Å². The van der Waals surface area contributed by atoms with E-state index >= 15 is 0 Å². The molecule has 0 fully saturated rings. The van der Waals surface area contributed by atoms with Gasteiger partial charge in [-0.15, -0.1) is 6.42 Å². The molecule has 8 heteroatoms. The summed E-state index contributed by atoms with van der Waals surface area (Å²) in [7, 11) is 0. The van der Waals surface area contributed by atoms with E-state index in [0.29, 0.717) is 0 Å². The molecule has 7 nitrogen and oxygen atoms in total. The molecule has 0 amide bonds. The quantitative estimate of drug-likeness (QED) is 0.583. The van der Waals surface area contributed by atoms with E-state index in [1.54, 1.807) is 0 Å². The second-order valence-corrected chi connectivity index (χ2v) is 4.24. The van der Waals surface area contributed by atoms with Gasteiger partial charge >= 0.3 is 5.69 Å². The van der Waals surface area contributed by atoms with Crippen LogP contribution in [-0.4, -0.2) is 38.1 Å². The highest BCUT2D eigenvalue weighted by molar-refractivity contribution is 6.32. The Hall–Kier alpha value is -2.01. The third kappa shape index (κ3) is 1.96. The number of aromatic amines is 1. The summed E-state index contributed by atoms with van der Waals surface area (Å²) in [6, 6.07) is 1.07. The summed E-state index contributed by atoms with van der Waals surface area (Å²) < 4.78 is 6.11. The highest BCUT2D eigenvalue weighted by atomic mass is 35.5. The van der Waals surface area contributed by atoms with Crippen molar-refractivity contribution in [1.29, 1.82) is 0 Å². The van der Waals surface area contributed by atoms with Crippen LogP contribution in [0.4, 0.5) is 0 Å². The Kier molecular flexibility index (Phi) is 3.24. The molecule has 0 spiro atoms. The van der Waals surface area contributed by atoms with Crippen molar-refractivity contribution in [3.63, 3.8) is 0 Å². The molecule has 0 saturated heterocycles. The predicted molar refractivity (Wildman–Crippen MR) is 66.1 cm³/mol. The number of aliphatic hydroxyl groups excluding tert-OH is 2. The normalized spacial score (nSPS) is 26.1. The lowest BCUT2D eigenvalue weighted by Crippen LogP contribution is -2.43. The average molecular weight is 285 g/mol. The third-order valence-corrected chi connectivity index (χ3v) is 3.06. The molecule has 2 atom stereocenters. The number of nitrogens with one attached hydrogen (secondary N) is 1. The number of terminal acetylenes is 1. The molecular weight excluding hydrogens is 276 g/mol. The smallest absolute Gasteiger partial charge is 0.335 e. The van der Waals surface area contributed by atoms with E-state index in [4.69, 9.17) is 22.8 Å². The Bertz CT molecular complexity index is 698. The molecular formula is C11H9ClN2O5. The molecule has 0 aromatic carbocycles. The summed E-state index contributed by atoms with van der Waals surface area (Å²) in [6.45, 7) is -0.692. The number of ether oxygens (including phenoxy) is 1. The fourth-order valence-electron chi connectivity index (χ4n) is 1.61. The van der Waals surface area contributed by atoms with Crippen LogP contribution in [0.15, 0.2) is 26.9 Å². The van der Waals surface area contributed by atoms with Crippen molar-refractivity contribution < 1.29 is 14.9 Å². The van der Waals surface area contributed by atoms with Gasteiger partial charge in [0.15, 0.2) is 0 Å². The van der Waals surface area contributed by atoms with Crippen LogP contribution in [0.1, 0.15) is 0 Å². The van der Waals surface area contributed by atoms with Gasteiger partial charge in [-0.3, -0.25) is 9.78 Å². The van der Waals surface area contributed by atoms with Gasteiger partial charge in [-0.1, -0.05) is 17.5 Å². The Morgan fingerprint density at radius 2 is 2.32 bits per heavy atom. The van der Waals surface area contributed by atoms with Crippen molar-refractivity contribution in [1.82, 2.24) is 9.55 Å². The minimum Gasteiger partial charge on any atom is -0.452 e. The molecule has 0 bridgehead atoms. The summed E-state index contributed by atoms with van der Waals surface area (Å²) in [4.78, 5) is 24.6. The number of H-pyrrole nitrogens is 1. The van der Waals surface area contributed by atoms with Gasteiger partial charge in [0.25, 0.3) is 5.56 Å². The van der Waals surface area contributed by atoms with Gasteiger partial charge in [0.05, 0.1) is 6.61 Å². The lowest BCUT2D eigenvalue weighted by molar-refractivity contribution is -0.0273. The molecule has 0 aliphatic carbocycles. The van der Waals surface area contributed by atoms with Gasteiger partial charge in [-0.25, -0.2) is 9.36 Å². The molecule has 2 rings (SSSR count). The van der Waals surface area contributed by atoms with Crippen LogP contribution in [0.25, 0.3) is 5.88 Å². The van der Waals surface area contributed by atoms with Crippen molar-refractivity contribution in [3.8, 4) is 12.3 Å². The molecule has 3 N–H and O–H groups in total. The Balaban J connectivity index is 2.56. The first kappa shape index (κ1) is 13.4. The molecule has 0 radical (unpaired) electrons. The van der Waals surface area contributed by atoms with E-state index in [1.807, 2.05) is 4.98 Å². The Morgan fingerprint density at radius 3 is 2.79 bits per heavy atom. The van der Waals surface area contributed by atoms with Gasteiger partial charge in [0, 0.05) is 12.3 Å². The highest BCUT2D eigenvalue weighted by Crippen LogP contribution is 2.37. The van der Waals surface area contributed by atoms with Crippen molar-refractivity contribution >= 4 is 17.5 Å². The first-order chi connectivity index (χ1) is 8.95. The van der Waals surface area contributed by atoms with Crippen LogP contribution in [0.5, 0.6) is 0 Å². The van der Waals surface area contributed by atoms with Crippen LogP contribution in [0, 0.1) is 12.3 Å². The zero-order valence-electron chi connectivity index (χ0n) is 9.46. The van der Waals surface area contributed by atoms with Crippen LogP contribution in [-0.2, 0) is 4.74 Å². The minimum absolute atomic E-state index is 0.234. The zero-order valence-corrected chi connectivity index (χ0v) is 10.2. The Morgan fingerprint density at radius 1 is 1.63 bits per heavy atom. The predicted octanol–water partition coefficient (Wildman–Crippen LogP) is -1.34. The number of aliphatic hydroxyl groups is 2. The molecule has 2 heterocycles. The highest BCUT2D eigenvalue weighted by Gasteiger charge is 2.48. The summed E-state index contributed by atoms with van der Waals surface area (Å²) in [5.41, 5.74) is -3.15. The van der Waals surface area contributed by atoms with Gasteiger partial charge in [-0.2, -0.15) is 0 Å². The molecule has 0 unspecified atom stereocenters. The first-order valence-electron chi connectivity index (χ1n) is 5.13.